The quantitative estimate of drug-likeness (QED) is 0.376. The van der Waals surface area contributed by atoms with Gasteiger partial charge < -0.3 is 18.9 Å². The highest BCUT2D eigenvalue weighted by Crippen LogP contribution is 2.40. The molecule has 3 heterocycles. The second-order valence-electron chi connectivity index (χ2n) is 7.09. The number of ether oxygens (including phenoxy) is 2. The van der Waals surface area contributed by atoms with E-state index in [1.54, 1.807) is 18.2 Å². The monoisotopic (exact) mass is 434 g/mol. The van der Waals surface area contributed by atoms with Gasteiger partial charge in [-0.15, -0.1) is 0 Å². The Morgan fingerprint density at radius 3 is 2.50 bits per heavy atom. The van der Waals surface area contributed by atoms with Gasteiger partial charge >= 0.3 is 5.97 Å². The molecule has 160 valence electrons. The average molecular weight is 434 g/mol. The lowest BCUT2D eigenvalue weighted by Gasteiger charge is -2.05. The topological polar surface area (TPSA) is 111 Å². The first-order valence-corrected chi connectivity index (χ1v) is 9.48. The van der Waals surface area contributed by atoms with Crippen molar-refractivity contribution in [1.29, 1.82) is 0 Å². The SMILES string of the molecule is COC(=O)c1cc2[nH]cc(C3=C(c4coc5c(OC)cccc45)C(=O)NC3=O)c2cc1F. The number of hydrogen-bond acceptors (Lipinski definition) is 6. The number of nitrogens with one attached hydrogen (secondary N) is 2. The number of para-hydroxylation sites is 1. The number of aromatic amines is 1. The molecule has 32 heavy (non-hydrogen) atoms. The van der Waals surface area contributed by atoms with E-state index in [1.807, 2.05) is 0 Å². The third-order valence-electron chi connectivity index (χ3n) is 5.43. The maximum Gasteiger partial charge on any atom is 0.340 e. The van der Waals surface area contributed by atoms with Gasteiger partial charge in [0.15, 0.2) is 11.3 Å². The minimum absolute atomic E-state index is 0.0667. The van der Waals surface area contributed by atoms with E-state index in [4.69, 9.17) is 9.15 Å². The van der Waals surface area contributed by atoms with E-state index in [0.29, 0.717) is 38.7 Å². The van der Waals surface area contributed by atoms with Crippen molar-refractivity contribution in [3.05, 3.63) is 65.3 Å². The number of rotatable bonds is 4. The molecule has 0 radical (unpaired) electrons. The van der Waals surface area contributed by atoms with E-state index >= 15 is 0 Å². The average Bonchev–Trinajstić information content (AvgIpc) is 3.46. The molecular weight excluding hydrogens is 419 g/mol. The lowest BCUT2D eigenvalue weighted by atomic mass is 9.95. The van der Waals surface area contributed by atoms with E-state index in [9.17, 15) is 18.8 Å². The Hall–Kier alpha value is -4.40. The van der Waals surface area contributed by atoms with Crippen molar-refractivity contribution in [2.75, 3.05) is 14.2 Å². The van der Waals surface area contributed by atoms with Gasteiger partial charge in [-0.2, -0.15) is 0 Å². The number of esters is 1. The molecule has 9 heteroatoms. The number of H-pyrrole nitrogens is 1. The first-order chi connectivity index (χ1) is 15.4. The van der Waals surface area contributed by atoms with Crippen LogP contribution in [0.1, 0.15) is 21.5 Å². The van der Waals surface area contributed by atoms with E-state index in [-0.39, 0.29) is 16.7 Å². The zero-order chi connectivity index (χ0) is 22.6. The number of amides is 2. The number of carbonyl (C=O) groups is 3. The van der Waals surface area contributed by atoms with Crippen LogP contribution < -0.4 is 10.1 Å². The normalized spacial score (nSPS) is 13.8. The highest BCUT2D eigenvalue weighted by atomic mass is 19.1. The number of fused-ring (bicyclic) bond motifs is 2. The molecule has 2 aromatic carbocycles. The van der Waals surface area contributed by atoms with Gasteiger partial charge in [-0.05, 0) is 18.2 Å². The minimum atomic E-state index is -0.826. The summed E-state index contributed by atoms with van der Waals surface area (Å²) in [6.45, 7) is 0. The highest BCUT2D eigenvalue weighted by molar-refractivity contribution is 6.50. The maximum atomic E-state index is 14.6. The fraction of sp³-hybridized carbons (Fsp3) is 0.0870. The second-order valence-corrected chi connectivity index (χ2v) is 7.09. The van der Waals surface area contributed by atoms with Gasteiger partial charge in [0.25, 0.3) is 11.8 Å². The van der Waals surface area contributed by atoms with Crippen molar-refractivity contribution in [3.8, 4) is 5.75 Å². The summed E-state index contributed by atoms with van der Waals surface area (Å²) in [5, 5.41) is 3.21. The molecule has 2 amide bonds. The molecule has 5 rings (SSSR count). The van der Waals surface area contributed by atoms with Gasteiger partial charge in [0, 0.05) is 33.6 Å². The zero-order valence-electron chi connectivity index (χ0n) is 16.9. The van der Waals surface area contributed by atoms with Crippen LogP contribution in [0.3, 0.4) is 0 Å². The Morgan fingerprint density at radius 2 is 1.78 bits per heavy atom. The van der Waals surface area contributed by atoms with Gasteiger partial charge in [0.05, 0.1) is 30.9 Å². The van der Waals surface area contributed by atoms with Crippen LogP contribution in [-0.2, 0) is 14.3 Å². The number of aromatic nitrogens is 1. The number of hydrogen-bond donors (Lipinski definition) is 2. The smallest absolute Gasteiger partial charge is 0.340 e. The van der Waals surface area contributed by atoms with E-state index < -0.39 is 23.6 Å². The number of furan rings is 1. The predicted molar refractivity (Wildman–Crippen MR) is 112 cm³/mol. The summed E-state index contributed by atoms with van der Waals surface area (Å²) >= 11 is 0. The lowest BCUT2D eigenvalue weighted by molar-refractivity contribution is -0.122. The molecule has 0 aliphatic carbocycles. The summed E-state index contributed by atoms with van der Waals surface area (Å²) in [6.07, 6.45) is 2.87. The van der Waals surface area contributed by atoms with Gasteiger partial charge in [-0.1, -0.05) is 12.1 Å². The fourth-order valence-corrected chi connectivity index (χ4v) is 3.97. The number of imide groups is 1. The molecule has 0 bridgehead atoms. The number of benzene rings is 2. The lowest BCUT2D eigenvalue weighted by Crippen LogP contribution is -2.22. The molecule has 0 unspecified atom stereocenters. The molecule has 0 fully saturated rings. The molecule has 0 saturated carbocycles. The summed E-state index contributed by atoms with van der Waals surface area (Å²) in [6, 6.07) is 7.63. The molecule has 2 N–H and O–H groups in total. The van der Waals surface area contributed by atoms with E-state index in [2.05, 4.69) is 15.0 Å². The van der Waals surface area contributed by atoms with Crippen molar-refractivity contribution in [2.45, 2.75) is 0 Å². The maximum absolute atomic E-state index is 14.6. The fourth-order valence-electron chi connectivity index (χ4n) is 3.97. The summed E-state index contributed by atoms with van der Waals surface area (Å²) in [4.78, 5) is 40.3. The van der Waals surface area contributed by atoms with Crippen LogP contribution >= 0.6 is 0 Å². The van der Waals surface area contributed by atoms with Gasteiger partial charge in [-0.25, -0.2) is 9.18 Å². The highest BCUT2D eigenvalue weighted by Gasteiger charge is 2.35. The largest absolute Gasteiger partial charge is 0.493 e. The van der Waals surface area contributed by atoms with Crippen LogP contribution in [-0.4, -0.2) is 37.0 Å². The molecule has 0 atom stereocenters. The summed E-state index contributed by atoms with van der Waals surface area (Å²) < 4.78 is 30.1. The van der Waals surface area contributed by atoms with E-state index in [0.717, 1.165) is 13.2 Å². The summed E-state index contributed by atoms with van der Waals surface area (Å²) in [7, 11) is 2.65. The Labute approximate surface area is 179 Å². The van der Waals surface area contributed by atoms with Gasteiger partial charge in [0.1, 0.15) is 12.1 Å². The third kappa shape index (κ3) is 2.71. The molecule has 1 aliphatic heterocycles. The molecule has 0 spiro atoms. The van der Waals surface area contributed by atoms with Crippen LogP contribution in [0.25, 0.3) is 33.0 Å². The molecule has 8 nitrogen and oxygen atoms in total. The summed E-state index contributed by atoms with van der Waals surface area (Å²) in [5.41, 5.74) is 1.46. The Balaban J connectivity index is 1.77. The zero-order valence-corrected chi connectivity index (χ0v) is 16.9. The molecule has 1 aliphatic rings. The number of carbonyl (C=O) groups excluding carboxylic acids is 3. The Morgan fingerprint density at radius 1 is 1.03 bits per heavy atom. The predicted octanol–water partition coefficient (Wildman–Crippen LogP) is 3.42. The first-order valence-electron chi connectivity index (χ1n) is 9.48. The van der Waals surface area contributed by atoms with Gasteiger partial charge in [0.2, 0.25) is 0 Å². The van der Waals surface area contributed by atoms with Crippen LogP contribution in [0.4, 0.5) is 4.39 Å². The van der Waals surface area contributed by atoms with Crippen LogP contribution in [0.15, 0.2) is 47.2 Å². The third-order valence-corrected chi connectivity index (χ3v) is 5.43. The van der Waals surface area contributed by atoms with Crippen molar-refractivity contribution in [3.63, 3.8) is 0 Å². The van der Waals surface area contributed by atoms with Crippen LogP contribution in [0.2, 0.25) is 0 Å². The number of halogens is 1. The minimum Gasteiger partial charge on any atom is -0.493 e. The number of methoxy groups -OCH3 is 2. The van der Waals surface area contributed by atoms with E-state index in [1.165, 1.54) is 25.6 Å². The molecule has 2 aromatic heterocycles. The van der Waals surface area contributed by atoms with Crippen molar-refractivity contribution in [1.82, 2.24) is 10.3 Å². The van der Waals surface area contributed by atoms with Crippen LogP contribution in [0, 0.1) is 5.82 Å². The van der Waals surface area contributed by atoms with Gasteiger partial charge in [-0.3, -0.25) is 14.9 Å². The first kappa shape index (κ1) is 19.6. The van der Waals surface area contributed by atoms with Crippen molar-refractivity contribution in [2.24, 2.45) is 0 Å². The molecular formula is C23H15FN2O6. The summed E-state index contributed by atoms with van der Waals surface area (Å²) in [5.74, 6) is -2.38. The van der Waals surface area contributed by atoms with Crippen molar-refractivity contribution < 1.29 is 32.7 Å². The second kappa shape index (κ2) is 7.09. The standard InChI is InChI=1S/C23H15FN2O6/c1-30-17-5-3-4-10-14(9-32-20(10)17)19-18(21(27)26-22(19)28)13-8-25-16-7-12(23(29)31-2)15(24)6-11(13)16/h3-9,25H,1-2H3,(H,26,27,28). The van der Waals surface area contributed by atoms with Crippen LogP contribution in [0.5, 0.6) is 5.75 Å². The Kier molecular flexibility index (Phi) is 4.33. The molecule has 0 saturated heterocycles. The van der Waals surface area contributed by atoms with Crippen molar-refractivity contribution >= 4 is 50.8 Å². The Bertz CT molecular complexity index is 1490. The molecule has 4 aromatic rings.